The molecule has 3 aromatic rings. The molecule has 4 rings (SSSR count). The van der Waals surface area contributed by atoms with Crippen LogP contribution in [-0.4, -0.2) is 49.9 Å². The van der Waals surface area contributed by atoms with E-state index in [4.69, 9.17) is 10.00 Å². The van der Waals surface area contributed by atoms with Gasteiger partial charge in [0, 0.05) is 43.3 Å². The fourth-order valence-electron chi connectivity index (χ4n) is 2.93. The average molecular weight is 346 g/mol. The minimum absolute atomic E-state index is 0.0803. The van der Waals surface area contributed by atoms with E-state index in [1.165, 1.54) is 12.4 Å². The number of nitrogens with zero attached hydrogens (tertiary/aromatic N) is 6. The Balaban J connectivity index is 1.47. The van der Waals surface area contributed by atoms with Crippen LogP contribution in [0.1, 0.15) is 22.5 Å². The summed E-state index contributed by atoms with van der Waals surface area (Å²) < 4.78 is 5.77. The Morgan fingerprint density at radius 1 is 1.12 bits per heavy atom. The Hall–Kier alpha value is -3.60. The van der Waals surface area contributed by atoms with E-state index in [1.807, 2.05) is 6.07 Å². The zero-order chi connectivity index (χ0) is 17.9. The fraction of sp³-hybridized carbons (Fsp3) is 0.222. The second kappa shape index (κ2) is 6.72. The quantitative estimate of drug-likeness (QED) is 0.709. The van der Waals surface area contributed by atoms with Gasteiger partial charge in [0.2, 0.25) is 5.69 Å². The molecule has 8 heteroatoms. The van der Waals surface area contributed by atoms with Gasteiger partial charge in [0.05, 0.1) is 17.6 Å². The number of nitriles is 1. The van der Waals surface area contributed by atoms with Crippen LogP contribution in [-0.2, 0) is 0 Å². The molecule has 1 amide bonds. The van der Waals surface area contributed by atoms with Crippen LogP contribution < -0.4 is 4.74 Å². The molecule has 0 aliphatic carbocycles. The first-order valence-electron chi connectivity index (χ1n) is 8.12. The molecule has 1 aromatic carbocycles. The largest absolute Gasteiger partial charge is 0.470 e. The molecule has 26 heavy (non-hydrogen) atoms. The van der Waals surface area contributed by atoms with Crippen molar-refractivity contribution in [2.24, 2.45) is 0 Å². The highest BCUT2D eigenvalue weighted by Crippen LogP contribution is 2.21. The van der Waals surface area contributed by atoms with Crippen molar-refractivity contribution in [1.82, 2.24) is 24.8 Å². The molecule has 1 saturated heterocycles. The number of fused-ring (bicyclic) bond motifs is 1. The van der Waals surface area contributed by atoms with E-state index in [0.29, 0.717) is 30.6 Å². The van der Waals surface area contributed by atoms with Crippen molar-refractivity contribution >= 4 is 16.9 Å². The first-order chi connectivity index (χ1) is 12.7. The van der Waals surface area contributed by atoms with E-state index in [2.05, 4.69) is 19.9 Å². The smallest absolute Gasteiger partial charge is 0.254 e. The normalized spacial score (nSPS) is 16.4. The van der Waals surface area contributed by atoms with Crippen LogP contribution in [0.15, 0.2) is 43.0 Å². The zero-order valence-electron chi connectivity index (χ0n) is 13.7. The third-order valence-corrected chi connectivity index (χ3v) is 4.20. The SMILES string of the molecule is N#Cc1nccnc1O[C@H]1CCN(C(=O)c2ccc3nccnc3c2)C1. The zero-order valence-corrected chi connectivity index (χ0v) is 13.7. The number of amides is 1. The minimum Gasteiger partial charge on any atom is -0.470 e. The number of hydrogen-bond acceptors (Lipinski definition) is 7. The molecule has 1 aliphatic heterocycles. The second-order valence-electron chi connectivity index (χ2n) is 5.86. The molecule has 1 aliphatic rings. The van der Waals surface area contributed by atoms with Gasteiger partial charge >= 0.3 is 0 Å². The fourth-order valence-corrected chi connectivity index (χ4v) is 2.93. The Labute approximate surface area is 149 Å². The van der Waals surface area contributed by atoms with Gasteiger partial charge in [0.15, 0.2) is 0 Å². The van der Waals surface area contributed by atoms with Gasteiger partial charge in [0.1, 0.15) is 12.2 Å². The summed E-state index contributed by atoms with van der Waals surface area (Å²) in [5.41, 5.74) is 2.14. The predicted molar refractivity (Wildman–Crippen MR) is 91.2 cm³/mol. The topological polar surface area (TPSA) is 105 Å². The summed E-state index contributed by atoms with van der Waals surface area (Å²) >= 11 is 0. The molecule has 0 unspecified atom stereocenters. The summed E-state index contributed by atoms with van der Waals surface area (Å²) in [4.78, 5) is 30.9. The standard InChI is InChI=1S/C18H14N6O2/c19-10-16-17(23-7-6-22-16)26-13-3-8-24(11-13)18(25)12-1-2-14-15(9-12)21-5-4-20-14/h1-2,4-7,9,13H,3,8,11H2/t13-/m0/s1. The maximum absolute atomic E-state index is 12.8. The number of carbonyl (C=O) groups excluding carboxylic acids is 1. The summed E-state index contributed by atoms with van der Waals surface area (Å²) in [6, 6.07) is 7.24. The third-order valence-electron chi connectivity index (χ3n) is 4.20. The molecule has 2 aromatic heterocycles. The van der Waals surface area contributed by atoms with E-state index < -0.39 is 0 Å². The number of carbonyl (C=O) groups is 1. The first kappa shape index (κ1) is 15.9. The lowest BCUT2D eigenvalue weighted by molar-refractivity contribution is 0.0771. The summed E-state index contributed by atoms with van der Waals surface area (Å²) in [6.45, 7) is 1.00. The number of ether oxygens (including phenoxy) is 1. The van der Waals surface area contributed by atoms with Gasteiger partial charge in [-0.25, -0.2) is 9.97 Å². The lowest BCUT2D eigenvalue weighted by atomic mass is 10.1. The van der Waals surface area contributed by atoms with Crippen molar-refractivity contribution in [2.45, 2.75) is 12.5 Å². The highest BCUT2D eigenvalue weighted by atomic mass is 16.5. The van der Waals surface area contributed by atoms with E-state index >= 15 is 0 Å². The Morgan fingerprint density at radius 3 is 2.73 bits per heavy atom. The molecule has 1 fully saturated rings. The monoisotopic (exact) mass is 346 g/mol. The molecule has 0 spiro atoms. The van der Waals surface area contributed by atoms with Crippen molar-refractivity contribution in [2.75, 3.05) is 13.1 Å². The highest BCUT2D eigenvalue weighted by Gasteiger charge is 2.29. The van der Waals surface area contributed by atoms with Crippen molar-refractivity contribution in [3.8, 4) is 11.9 Å². The molecule has 0 bridgehead atoms. The van der Waals surface area contributed by atoms with Gasteiger partial charge in [0.25, 0.3) is 11.8 Å². The maximum Gasteiger partial charge on any atom is 0.254 e. The number of rotatable bonds is 3. The van der Waals surface area contributed by atoms with Crippen molar-refractivity contribution in [3.05, 3.63) is 54.2 Å². The van der Waals surface area contributed by atoms with E-state index in [0.717, 1.165) is 5.52 Å². The summed E-state index contributed by atoms with van der Waals surface area (Å²) in [5, 5.41) is 9.06. The van der Waals surface area contributed by atoms with Crippen LogP contribution >= 0.6 is 0 Å². The highest BCUT2D eigenvalue weighted by molar-refractivity contribution is 5.97. The Kier molecular flexibility index (Phi) is 4.11. The molecule has 1 atom stereocenters. The van der Waals surface area contributed by atoms with Gasteiger partial charge in [-0.3, -0.25) is 14.8 Å². The average Bonchev–Trinajstić information content (AvgIpc) is 3.16. The summed E-state index contributed by atoms with van der Waals surface area (Å²) in [7, 11) is 0. The molecular weight excluding hydrogens is 332 g/mol. The second-order valence-corrected chi connectivity index (χ2v) is 5.86. The first-order valence-corrected chi connectivity index (χ1v) is 8.12. The molecule has 0 radical (unpaired) electrons. The Bertz CT molecular complexity index is 1020. The van der Waals surface area contributed by atoms with E-state index in [-0.39, 0.29) is 23.6 Å². The molecular formula is C18H14N6O2. The lowest BCUT2D eigenvalue weighted by Gasteiger charge is -2.17. The number of aromatic nitrogens is 4. The van der Waals surface area contributed by atoms with Gasteiger partial charge in [-0.05, 0) is 18.2 Å². The molecule has 0 N–H and O–H groups in total. The van der Waals surface area contributed by atoms with Gasteiger partial charge in [-0.1, -0.05) is 0 Å². The lowest BCUT2D eigenvalue weighted by Crippen LogP contribution is -2.31. The number of benzene rings is 1. The number of likely N-dealkylation sites (tertiary alicyclic amines) is 1. The van der Waals surface area contributed by atoms with Crippen LogP contribution in [0.2, 0.25) is 0 Å². The van der Waals surface area contributed by atoms with Crippen molar-refractivity contribution in [1.29, 1.82) is 5.26 Å². The molecule has 128 valence electrons. The summed E-state index contributed by atoms with van der Waals surface area (Å²) in [5.74, 6) is 0.124. The maximum atomic E-state index is 12.8. The van der Waals surface area contributed by atoms with Crippen LogP contribution in [0.5, 0.6) is 5.88 Å². The summed E-state index contributed by atoms with van der Waals surface area (Å²) in [6.07, 6.45) is 6.59. The molecule has 3 heterocycles. The third kappa shape index (κ3) is 3.02. The van der Waals surface area contributed by atoms with Crippen LogP contribution in [0.25, 0.3) is 11.0 Å². The minimum atomic E-state index is -0.219. The van der Waals surface area contributed by atoms with Crippen molar-refractivity contribution < 1.29 is 9.53 Å². The van der Waals surface area contributed by atoms with E-state index in [9.17, 15) is 4.79 Å². The van der Waals surface area contributed by atoms with Crippen LogP contribution in [0.4, 0.5) is 0 Å². The van der Waals surface area contributed by atoms with Crippen molar-refractivity contribution in [3.63, 3.8) is 0 Å². The van der Waals surface area contributed by atoms with Gasteiger partial charge in [-0.2, -0.15) is 5.26 Å². The van der Waals surface area contributed by atoms with Crippen LogP contribution in [0.3, 0.4) is 0 Å². The molecule has 0 saturated carbocycles. The number of hydrogen-bond donors (Lipinski definition) is 0. The Morgan fingerprint density at radius 2 is 1.88 bits per heavy atom. The van der Waals surface area contributed by atoms with Gasteiger partial charge < -0.3 is 9.64 Å². The van der Waals surface area contributed by atoms with Crippen LogP contribution in [0, 0.1) is 11.3 Å². The predicted octanol–water partition coefficient (Wildman–Crippen LogP) is 1.58. The van der Waals surface area contributed by atoms with E-state index in [1.54, 1.807) is 35.5 Å². The van der Waals surface area contributed by atoms with Gasteiger partial charge in [-0.15, -0.1) is 0 Å². The molecule has 8 nitrogen and oxygen atoms in total.